The van der Waals surface area contributed by atoms with Crippen LogP contribution in [-0.4, -0.2) is 22.8 Å². The highest BCUT2D eigenvalue weighted by atomic mass is 16.7. The molecule has 2 aliphatic heterocycles. The van der Waals surface area contributed by atoms with Crippen molar-refractivity contribution in [3.63, 3.8) is 0 Å². The summed E-state index contributed by atoms with van der Waals surface area (Å²) in [6.07, 6.45) is -0.294. The Morgan fingerprint density at radius 1 is 1.09 bits per heavy atom. The van der Waals surface area contributed by atoms with Crippen LogP contribution in [0.3, 0.4) is 0 Å². The number of hydrogen-bond donors (Lipinski definition) is 2. The van der Waals surface area contributed by atoms with Gasteiger partial charge in [-0.2, -0.15) is 0 Å². The number of aromatic hydroxyl groups is 1. The highest BCUT2D eigenvalue weighted by Crippen LogP contribution is 2.51. The first-order chi connectivity index (χ1) is 10.6. The van der Waals surface area contributed by atoms with Crippen LogP contribution < -0.4 is 14.2 Å². The predicted octanol–water partition coefficient (Wildman–Crippen LogP) is 1.93. The van der Waals surface area contributed by atoms with E-state index in [-0.39, 0.29) is 41.8 Å². The number of ketones is 1. The van der Waals surface area contributed by atoms with Gasteiger partial charge < -0.3 is 24.4 Å². The van der Waals surface area contributed by atoms with Gasteiger partial charge in [0.05, 0.1) is 6.42 Å². The number of benzene rings is 2. The number of ether oxygens (including phenoxy) is 3. The first-order valence-corrected chi connectivity index (χ1v) is 6.74. The number of fused-ring (bicyclic) bond motifs is 2. The molecule has 0 aliphatic carbocycles. The number of carbonyl (C=O) groups is 1. The molecular formula is C16H12O6. The van der Waals surface area contributed by atoms with E-state index in [2.05, 4.69) is 0 Å². The molecule has 112 valence electrons. The zero-order valence-electron chi connectivity index (χ0n) is 11.4. The molecule has 2 aromatic rings. The molecule has 0 saturated carbocycles. The average molecular weight is 300 g/mol. The Morgan fingerprint density at radius 2 is 1.86 bits per heavy atom. The monoisotopic (exact) mass is 300 g/mol. The molecule has 0 saturated heterocycles. The van der Waals surface area contributed by atoms with Crippen LogP contribution >= 0.6 is 0 Å². The fourth-order valence-corrected chi connectivity index (χ4v) is 2.74. The van der Waals surface area contributed by atoms with Crippen molar-refractivity contribution in [1.82, 2.24) is 0 Å². The van der Waals surface area contributed by atoms with E-state index in [1.54, 1.807) is 30.3 Å². The summed E-state index contributed by atoms with van der Waals surface area (Å²) in [5.41, 5.74) is 0.469. The average Bonchev–Trinajstić information content (AvgIpc) is 2.96. The van der Waals surface area contributed by atoms with Crippen molar-refractivity contribution in [3.05, 3.63) is 47.5 Å². The lowest BCUT2D eigenvalue weighted by Crippen LogP contribution is -2.39. The highest BCUT2D eigenvalue weighted by Gasteiger charge is 2.43. The number of phenols is 1. The fraction of sp³-hybridized carbons (Fsp3) is 0.188. The van der Waals surface area contributed by atoms with Crippen molar-refractivity contribution in [1.29, 1.82) is 0 Å². The third kappa shape index (κ3) is 1.74. The predicted molar refractivity (Wildman–Crippen MR) is 74.1 cm³/mol. The molecule has 22 heavy (non-hydrogen) atoms. The van der Waals surface area contributed by atoms with E-state index >= 15 is 0 Å². The van der Waals surface area contributed by atoms with Crippen LogP contribution in [-0.2, 0) is 5.79 Å². The number of carbonyl (C=O) groups excluding carboxylic acids is 1. The summed E-state index contributed by atoms with van der Waals surface area (Å²) in [5, 5.41) is 20.9. The van der Waals surface area contributed by atoms with Gasteiger partial charge in [0.15, 0.2) is 17.3 Å². The van der Waals surface area contributed by atoms with Gasteiger partial charge in [-0.05, 0) is 0 Å². The standard InChI is InChI=1S/C16H12O6/c17-10-7-16(19,9-4-2-1-3-5-9)22-11-6-12-15(21-8-20-12)14(18)13(10)11/h1-6,18-19H,7-8H2. The first kappa shape index (κ1) is 13.0. The molecule has 2 aliphatic rings. The van der Waals surface area contributed by atoms with Crippen LogP contribution in [0.1, 0.15) is 22.3 Å². The van der Waals surface area contributed by atoms with Crippen LogP contribution in [0.15, 0.2) is 36.4 Å². The molecule has 0 bridgehead atoms. The Hall–Kier alpha value is -2.73. The van der Waals surface area contributed by atoms with Gasteiger partial charge >= 0.3 is 0 Å². The third-order valence-electron chi connectivity index (χ3n) is 3.78. The SMILES string of the molecule is O=C1CC(O)(c2ccccc2)Oc2cc3c(c(O)c21)OCO3. The van der Waals surface area contributed by atoms with E-state index in [1.165, 1.54) is 6.07 Å². The molecule has 4 rings (SSSR count). The maximum absolute atomic E-state index is 12.4. The molecule has 0 fully saturated rings. The summed E-state index contributed by atoms with van der Waals surface area (Å²) >= 11 is 0. The number of hydrogen-bond acceptors (Lipinski definition) is 6. The first-order valence-electron chi connectivity index (χ1n) is 6.74. The summed E-state index contributed by atoms with van der Waals surface area (Å²) in [7, 11) is 0. The molecule has 6 nitrogen and oxygen atoms in total. The van der Waals surface area contributed by atoms with E-state index in [0.717, 1.165) is 0 Å². The molecule has 0 amide bonds. The Kier molecular flexibility index (Phi) is 2.58. The second kappa shape index (κ2) is 4.38. The fourth-order valence-electron chi connectivity index (χ4n) is 2.74. The molecule has 1 unspecified atom stereocenters. The summed E-state index contributed by atoms with van der Waals surface area (Å²) < 4.78 is 16.0. The zero-order valence-corrected chi connectivity index (χ0v) is 11.4. The molecule has 6 heteroatoms. The Labute approximate surface area is 125 Å². The second-order valence-corrected chi connectivity index (χ2v) is 5.18. The molecule has 2 aromatic carbocycles. The topological polar surface area (TPSA) is 85.2 Å². The zero-order chi connectivity index (χ0) is 15.3. The van der Waals surface area contributed by atoms with Gasteiger partial charge in [0.25, 0.3) is 0 Å². The minimum absolute atomic E-state index is 0.00450. The minimum atomic E-state index is -1.77. The van der Waals surface area contributed by atoms with Crippen molar-refractivity contribution in [2.24, 2.45) is 0 Å². The molecule has 2 N–H and O–H groups in total. The highest BCUT2D eigenvalue weighted by molar-refractivity contribution is 6.04. The van der Waals surface area contributed by atoms with Gasteiger partial charge in [0.2, 0.25) is 18.3 Å². The Balaban J connectivity index is 1.84. The van der Waals surface area contributed by atoms with E-state index in [0.29, 0.717) is 5.56 Å². The Morgan fingerprint density at radius 3 is 2.64 bits per heavy atom. The lowest BCUT2D eigenvalue weighted by atomic mass is 9.92. The maximum atomic E-state index is 12.4. The number of Topliss-reactive ketones (excluding diaryl/α,β-unsaturated/α-hetero) is 1. The molecule has 2 heterocycles. The van der Waals surface area contributed by atoms with E-state index in [1.807, 2.05) is 0 Å². The quantitative estimate of drug-likeness (QED) is 0.837. The Bertz CT molecular complexity index is 770. The van der Waals surface area contributed by atoms with E-state index < -0.39 is 11.6 Å². The van der Waals surface area contributed by atoms with Crippen molar-refractivity contribution in [3.8, 4) is 23.0 Å². The smallest absolute Gasteiger partial charge is 0.242 e. The second-order valence-electron chi connectivity index (χ2n) is 5.18. The van der Waals surface area contributed by atoms with Gasteiger partial charge in [-0.15, -0.1) is 0 Å². The molecular weight excluding hydrogens is 288 g/mol. The van der Waals surface area contributed by atoms with Crippen molar-refractivity contribution in [2.75, 3.05) is 6.79 Å². The van der Waals surface area contributed by atoms with E-state index in [4.69, 9.17) is 14.2 Å². The molecule has 0 radical (unpaired) electrons. The van der Waals surface area contributed by atoms with Crippen molar-refractivity contribution in [2.45, 2.75) is 12.2 Å². The number of rotatable bonds is 1. The van der Waals surface area contributed by atoms with Crippen LogP contribution in [0.25, 0.3) is 0 Å². The minimum Gasteiger partial charge on any atom is -0.504 e. The van der Waals surface area contributed by atoms with Crippen LogP contribution in [0.4, 0.5) is 0 Å². The summed E-state index contributed by atoms with van der Waals surface area (Å²) in [4.78, 5) is 12.4. The molecule has 1 atom stereocenters. The van der Waals surface area contributed by atoms with Crippen LogP contribution in [0.5, 0.6) is 23.0 Å². The van der Waals surface area contributed by atoms with Gasteiger partial charge in [-0.25, -0.2) is 0 Å². The van der Waals surface area contributed by atoms with Gasteiger partial charge in [0.1, 0.15) is 11.3 Å². The summed E-state index contributed by atoms with van der Waals surface area (Å²) in [5.74, 6) is -2.04. The van der Waals surface area contributed by atoms with Crippen LogP contribution in [0.2, 0.25) is 0 Å². The third-order valence-corrected chi connectivity index (χ3v) is 3.78. The van der Waals surface area contributed by atoms with Gasteiger partial charge in [0, 0.05) is 11.6 Å². The lowest BCUT2D eigenvalue weighted by molar-refractivity contribution is -0.147. The maximum Gasteiger partial charge on any atom is 0.242 e. The lowest BCUT2D eigenvalue weighted by Gasteiger charge is -2.33. The number of phenolic OH excluding ortho intramolecular Hbond substituents is 1. The van der Waals surface area contributed by atoms with Gasteiger partial charge in [-0.1, -0.05) is 30.3 Å². The van der Waals surface area contributed by atoms with Crippen molar-refractivity contribution >= 4 is 5.78 Å². The largest absolute Gasteiger partial charge is 0.504 e. The summed E-state index contributed by atoms with van der Waals surface area (Å²) in [6.45, 7) is -0.0388. The van der Waals surface area contributed by atoms with Crippen molar-refractivity contribution < 1.29 is 29.2 Å². The molecule has 0 aromatic heterocycles. The van der Waals surface area contributed by atoms with Gasteiger partial charge in [-0.3, -0.25) is 4.79 Å². The van der Waals surface area contributed by atoms with Crippen LogP contribution in [0, 0.1) is 0 Å². The normalized spacial score (nSPS) is 22.1. The summed E-state index contributed by atoms with van der Waals surface area (Å²) in [6, 6.07) is 10.1. The number of aliphatic hydroxyl groups is 1. The molecule has 0 spiro atoms. The van der Waals surface area contributed by atoms with E-state index in [9.17, 15) is 15.0 Å².